The zero-order chi connectivity index (χ0) is 13.9. The zero-order valence-corrected chi connectivity index (χ0v) is 13.5. The second-order valence-electron chi connectivity index (χ2n) is 4.42. The van der Waals surface area contributed by atoms with E-state index in [4.69, 9.17) is 4.98 Å². The lowest BCUT2D eigenvalue weighted by atomic mass is 10.1. The first kappa shape index (κ1) is 13.7. The molecule has 0 bridgehead atoms. The maximum absolute atomic E-state index is 4.70. The number of hydrogen-bond acceptors (Lipinski definition) is 4. The Hall–Kier alpha value is -1.30. The highest BCUT2D eigenvalue weighted by atomic mass is 79.9. The number of nitrogens with one attached hydrogen (secondary N) is 1. The number of halogens is 1. The molecule has 0 unspecified atom stereocenters. The summed E-state index contributed by atoms with van der Waals surface area (Å²) >= 11 is 5.24. The Morgan fingerprint density at radius 2 is 2.20 bits per heavy atom. The highest BCUT2D eigenvalue weighted by molar-refractivity contribution is 9.10. The summed E-state index contributed by atoms with van der Waals surface area (Å²) in [5.41, 5.74) is 3.17. The van der Waals surface area contributed by atoms with Crippen LogP contribution in [0.2, 0.25) is 0 Å². The molecule has 0 saturated carbocycles. The average Bonchev–Trinajstić information content (AvgIpc) is 2.94. The number of rotatable bonds is 4. The Morgan fingerprint density at radius 3 is 3.05 bits per heavy atom. The van der Waals surface area contributed by atoms with Gasteiger partial charge in [-0.15, -0.1) is 11.3 Å². The first-order chi connectivity index (χ1) is 9.79. The molecule has 0 fully saturated rings. The van der Waals surface area contributed by atoms with E-state index in [1.807, 2.05) is 12.3 Å². The summed E-state index contributed by atoms with van der Waals surface area (Å²) in [6.45, 7) is 3.87. The lowest BCUT2D eigenvalue weighted by Crippen LogP contribution is -2.11. The number of nitrogens with zero attached hydrogens (tertiary/aromatic N) is 2. The monoisotopic (exact) mass is 347 g/mol. The SMILES string of the molecule is CCNCc1csc(-c2ccc(Br)c3cccnc23)n1. The highest BCUT2D eigenvalue weighted by Gasteiger charge is 2.11. The van der Waals surface area contributed by atoms with Crippen LogP contribution in [0.4, 0.5) is 0 Å². The van der Waals surface area contributed by atoms with Crippen LogP contribution >= 0.6 is 27.3 Å². The van der Waals surface area contributed by atoms with Crippen molar-refractivity contribution < 1.29 is 0 Å². The molecule has 3 nitrogen and oxygen atoms in total. The number of hydrogen-bond donors (Lipinski definition) is 1. The molecule has 0 aliphatic heterocycles. The van der Waals surface area contributed by atoms with Crippen molar-refractivity contribution in [3.05, 3.63) is 46.0 Å². The lowest BCUT2D eigenvalue weighted by molar-refractivity contribution is 0.715. The Kier molecular flexibility index (Phi) is 4.10. The van der Waals surface area contributed by atoms with Crippen LogP contribution in [-0.2, 0) is 6.54 Å². The van der Waals surface area contributed by atoms with E-state index in [9.17, 15) is 0 Å². The van der Waals surface area contributed by atoms with Crippen molar-refractivity contribution in [1.29, 1.82) is 0 Å². The molecule has 3 aromatic rings. The molecular formula is C15H14BrN3S. The topological polar surface area (TPSA) is 37.8 Å². The first-order valence-electron chi connectivity index (χ1n) is 6.48. The van der Waals surface area contributed by atoms with Crippen LogP contribution in [0.25, 0.3) is 21.5 Å². The molecule has 5 heteroatoms. The Morgan fingerprint density at radius 1 is 1.30 bits per heavy atom. The van der Waals surface area contributed by atoms with Gasteiger partial charge in [0.25, 0.3) is 0 Å². The molecule has 0 saturated heterocycles. The molecule has 20 heavy (non-hydrogen) atoms. The number of benzene rings is 1. The molecule has 102 valence electrons. The Labute approximate surface area is 130 Å². The van der Waals surface area contributed by atoms with Crippen molar-refractivity contribution >= 4 is 38.2 Å². The van der Waals surface area contributed by atoms with E-state index in [2.05, 4.69) is 56.7 Å². The van der Waals surface area contributed by atoms with Crippen molar-refractivity contribution in [1.82, 2.24) is 15.3 Å². The fraction of sp³-hybridized carbons (Fsp3) is 0.200. The molecule has 1 N–H and O–H groups in total. The van der Waals surface area contributed by atoms with Crippen LogP contribution in [0.5, 0.6) is 0 Å². The van der Waals surface area contributed by atoms with Gasteiger partial charge in [-0.05, 0) is 24.7 Å². The molecule has 0 atom stereocenters. The summed E-state index contributed by atoms with van der Waals surface area (Å²) in [4.78, 5) is 9.21. The van der Waals surface area contributed by atoms with Crippen LogP contribution in [0.15, 0.2) is 40.3 Å². The van der Waals surface area contributed by atoms with Crippen LogP contribution in [-0.4, -0.2) is 16.5 Å². The van der Waals surface area contributed by atoms with E-state index in [1.54, 1.807) is 11.3 Å². The average molecular weight is 348 g/mol. The van der Waals surface area contributed by atoms with Crippen molar-refractivity contribution in [3.8, 4) is 10.6 Å². The second-order valence-corrected chi connectivity index (χ2v) is 6.13. The van der Waals surface area contributed by atoms with Gasteiger partial charge in [0.15, 0.2) is 0 Å². The summed E-state index contributed by atoms with van der Waals surface area (Å²) in [5.74, 6) is 0. The summed E-state index contributed by atoms with van der Waals surface area (Å²) in [6.07, 6.45) is 1.82. The van der Waals surface area contributed by atoms with E-state index in [0.29, 0.717) is 0 Å². The summed E-state index contributed by atoms with van der Waals surface area (Å²) in [5, 5.41) is 7.54. The molecule has 0 spiro atoms. The van der Waals surface area contributed by atoms with Gasteiger partial charge >= 0.3 is 0 Å². The maximum atomic E-state index is 4.70. The van der Waals surface area contributed by atoms with Crippen molar-refractivity contribution in [3.63, 3.8) is 0 Å². The molecular weight excluding hydrogens is 334 g/mol. The van der Waals surface area contributed by atoms with Gasteiger partial charge in [0.2, 0.25) is 0 Å². The van der Waals surface area contributed by atoms with Crippen LogP contribution in [0.1, 0.15) is 12.6 Å². The van der Waals surface area contributed by atoms with E-state index in [1.165, 1.54) is 0 Å². The smallest absolute Gasteiger partial charge is 0.125 e. The zero-order valence-electron chi connectivity index (χ0n) is 11.1. The number of fused-ring (bicyclic) bond motifs is 1. The summed E-state index contributed by atoms with van der Waals surface area (Å²) < 4.78 is 1.06. The van der Waals surface area contributed by atoms with Crippen molar-refractivity contribution in [2.24, 2.45) is 0 Å². The molecule has 0 amide bonds. The van der Waals surface area contributed by atoms with Crippen LogP contribution in [0, 0.1) is 0 Å². The summed E-state index contributed by atoms with van der Waals surface area (Å²) in [6, 6.07) is 8.17. The largest absolute Gasteiger partial charge is 0.311 e. The molecule has 2 heterocycles. The van der Waals surface area contributed by atoms with Gasteiger partial charge in [-0.2, -0.15) is 0 Å². The van der Waals surface area contributed by atoms with Gasteiger partial charge in [-0.3, -0.25) is 4.98 Å². The third kappa shape index (κ3) is 2.61. The number of pyridine rings is 1. The highest BCUT2D eigenvalue weighted by Crippen LogP contribution is 2.33. The number of thiazole rings is 1. The molecule has 0 aliphatic carbocycles. The van der Waals surface area contributed by atoms with Gasteiger partial charge in [-0.1, -0.05) is 28.9 Å². The standard InChI is InChI=1S/C15H14BrN3S/c1-2-17-8-10-9-20-15(19-10)12-5-6-13(16)11-4-3-7-18-14(11)12/h3-7,9,17H,2,8H2,1H3. The van der Waals surface area contributed by atoms with Gasteiger partial charge < -0.3 is 5.32 Å². The normalized spacial score (nSPS) is 11.1. The molecule has 0 aliphatic rings. The minimum absolute atomic E-state index is 0.814. The van der Waals surface area contributed by atoms with Crippen molar-refractivity contribution in [2.75, 3.05) is 6.54 Å². The quantitative estimate of drug-likeness (QED) is 0.767. The fourth-order valence-corrected chi connectivity index (χ4v) is 3.37. The molecule has 0 radical (unpaired) electrons. The second kappa shape index (κ2) is 5.99. The van der Waals surface area contributed by atoms with Gasteiger partial charge in [0.05, 0.1) is 11.2 Å². The number of aromatic nitrogens is 2. The van der Waals surface area contributed by atoms with Crippen LogP contribution in [0.3, 0.4) is 0 Å². The molecule has 2 aromatic heterocycles. The minimum Gasteiger partial charge on any atom is -0.311 e. The predicted molar refractivity (Wildman–Crippen MR) is 87.9 cm³/mol. The van der Waals surface area contributed by atoms with Gasteiger partial charge in [0.1, 0.15) is 5.01 Å². The van der Waals surface area contributed by atoms with Crippen molar-refractivity contribution in [2.45, 2.75) is 13.5 Å². The summed E-state index contributed by atoms with van der Waals surface area (Å²) in [7, 11) is 0. The third-order valence-electron chi connectivity index (χ3n) is 3.05. The van der Waals surface area contributed by atoms with E-state index in [-0.39, 0.29) is 0 Å². The fourth-order valence-electron chi connectivity index (χ4n) is 2.08. The first-order valence-corrected chi connectivity index (χ1v) is 8.15. The Bertz CT molecular complexity index is 739. The van der Waals surface area contributed by atoms with Crippen LogP contribution < -0.4 is 5.32 Å². The Balaban J connectivity index is 2.06. The van der Waals surface area contributed by atoms with E-state index >= 15 is 0 Å². The predicted octanol–water partition coefficient (Wildman–Crippen LogP) is 4.23. The van der Waals surface area contributed by atoms with Gasteiger partial charge in [0, 0.05) is 33.5 Å². The minimum atomic E-state index is 0.814. The van der Waals surface area contributed by atoms with Gasteiger partial charge in [-0.25, -0.2) is 4.98 Å². The molecule has 1 aromatic carbocycles. The lowest BCUT2D eigenvalue weighted by Gasteiger charge is -2.04. The molecule has 3 rings (SSSR count). The van der Waals surface area contributed by atoms with E-state index in [0.717, 1.165) is 44.7 Å². The maximum Gasteiger partial charge on any atom is 0.125 e. The van der Waals surface area contributed by atoms with E-state index < -0.39 is 0 Å². The third-order valence-corrected chi connectivity index (χ3v) is 4.67.